The lowest BCUT2D eigenvalue weighted by molar-refractivity contribution is -0.109. The summed E-state index contributed by atoms with van der Waals surface area (Å²) in [5.41, 5.74) is -5.22. The predicted molar refractivity (Wildman–Crippen MR) is 155 cm³/mol. The van der Waals surface area contributed by atoms with Crippen molar-refractivity contribution in [3.05, 3.63) is 65.2 Å². The van der Waals surface area contributed by atoms with Crippen LogP contribution in [-0.2, 0) is 19.6 Å². The fraction of sp³-hybridized carbons (Fsp3) is 0.467. The van der Waals surface area contributed by atoms with Crippen molar-refractivity contribution in [1.29, 1.82) is 0 Å². The monoisotopic (exact) mass is 626 g/mol. The number of alkyl halides is 3. The van der Waals surface area contributed by atoms with Gasteiger partial charge in [0, 0.05) is 43.6 Å². The maximum atomic E-state index is 13.0. The number of fused-ring (bicyclic) bond motifs is 1. The lowest BCUT2D eigenvalue weighted by atomic mass is 9.84. The Morgan fingerprint density at radius 1 is 1.05 bits per heavy atom. The van der Waals surface area contributed by atoms with Gasteiger partial charge in [-0.15, -0.1) is 0 Å². The minimum absolute atomic E-state index is 0.153. The number of hydrogen-bond donors (Lipinski definition) is 1. The van der Waals surface area contributed by atoms with Crippen molar-refractivity contribution in [2.75, 3.05) is 26.2 Å². The molecule has 0 bridgehead atoms. The van der Waals surface area contributed by atoms with Crippen LogP contribution in [0.25, 0.3) is 5.57 Å². The Hall–Kier alpha value is -3.58. The van der Waals surface area contributed by atoms with Crippen molar-refractivity contribution in [1.82, 2.24) is 10.2 Å². The van der Waals surface area contributed by atoms with E-state index in [-0.39, 0.29) is 30.4 Å². The largest absolute Gasteiger partial charge is 0.534 e. The summed E-state index contributed by atoms with van der Waals surface area (Å²) < 4.78 is 79.3. The van der Waals surface area contributed by atoms with Gasteiger partial charge in [0.25, 0.3) is 5.91 Å². The number of carbonyl (C=O) groups is 2. The van der Waals surface area contributed by atoms with Crippen molar-refractivity contribution >= 4 is 28.0 Å². The second kappa shape index (κ2) is 13.4. The Kier molecular flexibility index (Phi) is 10.6. The number of halogens is 3. The molecule has 1 heterocycles. The highest BCUT2D eigenvalue weighted by Crippen LogP contribution is 2.44. The zero-order chi connectivity index (χ0) is 32.1. The molecular formula is C30H37F3N2O7S. The molecule has 43 heavy (non-hydrogen) atoms. The standard InChI is InChI=1S/C30H37F3N2O7S/c1-6-35(7-2)27(37)22-10-8-21(9-11-22)25-19-29(14-16-34-20-36,15-17-40-28(3,4)5)41-26-13-12-23(18-24(25)26)42-43(38,39)30(31,32)33/h8-13,18-20H,6-7,14-17H2,1-5H3,(H,34,36). The SMILES string of the molecule is CCN(CC)C(=O)c1ccc(C2=CC(CCNC=O)(CCOC(C)(C)C)Oc3ccc(OS(=O)(=O)C(F)(F)F)cc32)cc1. The van der Waals surface area contributed by atoms with Crippen molar-refractivity contribution in [2.45, 2.75) is 64.2 Å². The molecule has 1 N–H and O–H groups in total. The molecule has 1 unspecified atom stereocenters. The fourth-order valence-corrected chi connectivity index (χ4v) is 5.04. The highest BCUT2D eigenvalue weighted by molar-refractivity contribution is 7.88. The van der Waals surface area contributed by atoms with Gasteiger partial charge >= 0.3 is 15.6 Å². The average Bonchev–Trinajstić information content (AvgIpc) is 2.92. The lowest BCUT2D eigenvalue weighted by Crippen LogP contribution is -2.41. The van der Waals surface area contributed by atoms with Crippen LogP contribution in [0, 0.1) is 0 Å². The maximum absolute atomic E-state index is 13.0. The van der Waals surface area contributed by atoms with Crippen LogP contribution in [0.5, 0.6) is 11.5 Å². The normalized spacial score (nSPS) is 16.9. The number of nitrogens with one attached hydrogen (secondary N) is 1. The quantitative estimate of drug-likeness (QED) is 0.139. The van der Waals surface area contributed by atoms with Crippen LogP contribution in [0.2, 0.25) is 0 Å². The van der Waals surface area contributed by atoms with Gasteiger partial charge in [0.1, 0.15) is 17.1 Å². The van der Waals surface area contributed by atoms with Crippen molar-refractivity contribution in [2.24, 2.45) is 0 Å². The van der Waals surface area contributed by atoms with Gasteiger partial charge in [0.15, 0.2) is 0 Å². The summed E-state index contributed by atoms with van der Waals surface area (Å²) in [6.07, 6.45) is 3.03. The van der Waals surface area contributed by atoms with Crippen LogP contribution in [0.15, 0.2) is 48.5 Å². The van der Waals surface area contributed by atoms with Gasteiger partial charge in [-0.3, -0.25) is 9.59 Å². The number of nitrogens with zero attached hydrogens (tertiary/aromatic N) is 1. The minimum atomic E-state index is -5.91. The Labute approximate surface area is 250 Å². The molecule has 2 aromatic carbocycles. The number of amides is 2. The summed E-state index contributed by atoms with van der Waals surface area (Å²) in [6.45, 7) is 11.1. The molecule has 0 spiro atoms. The first kappa shape index (κ1) is 33.9. The molecular weight excluding hydrogens is 589 g/mol. The van der Waals surface area contributed by atoms with E-state index in [0.717, 1.165) is 6.07 Å². The van der Waals surface area contributed by atoms with Crippen LogP contribution in [-0.4, -0.2) is 68.6 Å². The Bertz CT molecular complexity index is 1430. The molecule has 2 amide bonds. The Morgan fingerprint density at radius 2 is 1.70 bits per heavy atom. The number of rotatable bonds is 13. The summed E-state index contributed by atoms with van der Waals surface area (Å²) >= 11 is 0. The smallest absolute Gasteiger partial charge is 0.482 e. The summed E-state index contributed by atoms with van der Waals surface area (Å²) in [7, 11) is -5.91. The highest BCUT2D eigenvalue weighted by atomic mass is 32.2. The average molecular weight is 627 g/mol. The molecule has 0 fully saturated rings. The lowest BCUT2D eigenvalue weighted by Gasteiger charge is -2.38. The van der Waals surface area contributed by atoms with Crippen LogP contribution in [0.1, 0.15) is 68.9 Å². The molecule has 0 aliphatic carbocycles. The van der Waals surface area contributed by atoms with Gasteiger partial charge in [-0.05, 0) is 82.2 Å². The van der Waals surface area contributed by atoms with Gasteiger partial charge in [-0.25, -0.2) is 0 Å². The maximum Gasteiger partial charge on any atom is 0.534 e. The number of hydrogen-bond acceptors (Lipinski definition) is 7. The fourth-order valence-electron chi connectivity index (χ4n) is 4.59. The first-order valence-electron chi connectivity index (χ1n) is 13.8. The van der Waals surface area contributed by atoms with Gasteiger partial charge in [-0.1, -0.05) is 12.1 Å². The van der Waals surface area contributed by atoms with Gasteiger partial charge in [-0.2, -0.15) is 21.6 Å². The van der Waals surface area contributed by atoms with Crippen molar-refractivity contribution in [3.63, 3.8) is 0 Å². The van der Waals surface area contributed by atoms with E-state index in [0.29, 0.717) is 49.0 Å². The first-order chi connectivity index (χ1) is 20.0. The van der Waals surface area contributed by atoms with E-state index in [9.17, 15) is 31.2 Å². The number of benzene rings is 2. The highest BCUT2D eigenvalue weighted by Gasteiger charge is 2.48. The topological polar surface area (TPSA) is 111 Å². The zero-order valence-corrected chi connectivity index (χ0v) is 25.6. The van der Waals surface area contributed by atoms with E-state index in [1.54, 1.807) is 35.2 Å². The third-order valence-corrected chi connectivity index (χ3v) is 7.76. The predicted octanol–water partition coefficient (Wildman–Crippen LogP) is 5.30. The van der Waals surface area contributed by atoms with Crippen LogP contribution >= 0.6 is 0 Å². The summed E-state index contributed by atoms with van der Waals surface area (Å²) in [5.74, 6) is -0.441. The van der Waals surface area contributed by atoms with Gasteiger partial charge in [0.05, 0.1) is 12.2 Å². The third-order valence-electron chi connectivity index (χ3n) is 6.78. The van der Waals surface area contributed by atoms with E-state index in [2.05, 4.69) is 9.50 Å². The molecule has 3 rings (SSSR count). The van der Waals surface area contributed by atoms with E-state index >= 15 is 0 Å². The molecule has 13 heteroatoms. The number of ether oxygens (including phenoxy) is 2. The minimum Gasteiger partial charge on any atom is -0.482 e. The summed E-state index contributed by atoms with van der Waals surface area (Å²) in [5, 5.41) is 2.63. The molecule has 1 aliphatic heterocycles. The van der Waals surface area contributed by atoms with Crippen molar-refractivity contribution < 1.29 is 44.8 Å². The Morgan fingerprint density at radius 3 is 2.26 bits per heavy atom. The van der Waals surface area contributed by atoms with Crippen LogP contribution < -0.4 is 14.2 Å². The van der Waals surface area contributed by atoms with Gasteiger partial charge in [0.2, 0.25) is 6.41 Å². The molecule has 9 nitrogen and oxygen atoms in total. The van der Waals surface area contributed by atoms with Crippen LogP contribution in [0.3, 0.4) is 0 Å². The molecule has 236 valence electrons. The molecule has 0 radical (unpaired) electrons. The second-order valence-corrected chi connectivity index (χ2v) is 12.5. The molecule has 1 atom stereocenters. The van der Waals surface area contributed by atoms with Gasteiger partial charge < -0.3 is 23.9 Å². The third kappa shape index (κ3) is 8.50. The Balaban J connectivity index is 2.13. The molecule has 0 saturated carbocycles. The second-order valence-electron chi connectivity index (χ2n) is 11.0. The summed E-state index contributed by atoms with van der Waals surface area (Å²) in [4.78, 5) is 25.6. The molecule has 2 aromatic rings. The van der Waals surface area contributed by atoms with Crippen LogP contribution in [0.4, 0.5) is 13.2 Å². The first-order valence-corrected chi connectivity index (χ1v) is 15.2. The molecule has 1 aliphatic rings. The summed E-state index contributed by atoms with van der Waals surface area (Å²) in [6, 6.07) is 10.3. The molecule has 0 saturated heterocycles. The zero-order valence-electron chi connectivity index (χ0n) is 24.8. The molecule has 0 aromatic heterocycles. The number of carbonyl (C=O) groups excluding carboxylic acids is 2. The van der Waals surface area contributed by atoms with E-state index in [1.807, 2.05) is 34.6 Å². The van der Waals surface area contributed by atoms with Crippen molar-refractivity contribution in [3.8, 4) is 11.5 Å². The van der Waals surface area contributed by atoms with E-state index in [4.69, 9.17) is 9.47 Å². The van der Waals surface area contributed by atoms with E-state index < -0.39 is 32.6 Å². The van der Waals surface area contributed by atoms with E-state index in [1.165, 1.54) is 12.1 Å².